The number of nitrogens with two attached hydrogens (primary N) is 1. The van der Waals surface area contributed by atoms with Crippen LogP contribution >= 0.6 is 0 Å². The number of carbonyl (C=O) groups excluding carboxylic acids is 2. The molecular weight excluding hydrogens is 280 g/mol. The predicted molar refractivity (Wildman–Crippen MR) is 83.9 cm³/mol. The van der Waals surface area contributed by atoms with Crippen molar-refractivity contribution >= 4 is 17.4 Å². The Kier molecular flexibility index (Phi) is 4.55. The Labute approximate surface area is 130 Å². The van der Waals surface area contributed by atoms with E-state index in [1.54, 1.807) is 6.07 Å². The number of amides is 1. The smallest absolute Gasteiger partial charge is 0.241 e. The summed E-state index contributed by atoms with van der Waals surface area (Å²) in [4.78, 5) is 24.3. The van der Waals surface area contributed by atoms with Crippen LogP contribution < -0.4 is 11.1 Å². The van der Waals surface area contributed by atoms with E-state index in [2.05, 4.69) is 5.32 Å². The molecule has 1 saturated heterocycles. The number of ketones is 1. The Morgan fingerprint density at radius 2 is 2.05 bits per heavy atom. The number of hydrogen-bond donors (Lipinski definition) is 2. The minimum atomic E-state index is -0.532. The van der Waals surface area contributed by atoms with Crippen LogP contribution in [-0.2, 0) is 16.0 Å². The Bertz CT molecular complexity index is 579. The first-order valence-corrected chi connectivity index (χ1v) is 7.95. The van der Waals surface area contributed by atoms with E-state index in [1.807, 2.05) is 12.1 Å². The summed E-state index contributed by atoms with van der Waals surface area (Å²) < 4.78 is 5.30. The van der Waals surface area contributed by atoms with Crippen molar-refractivity contribution in [3.8, 4) is 0 Å². The lowest BCUT2D eigenvalue weighted by atomic mass is 9.90. The van der Waals surface area contributed by atoms with Gasteiger partial charge in [0.15, 0.2) is 5.78 Å². The lowest BCUT2D eigenvalue weighted by Crippen LogP contribution is -2.44. The molecule has 22 heavy (non-hydrogen) atoms. The zero-order chi connectivity index (χ0) is 15.5. The first kappa shape index (κ1) is 15.2. The quantitative estimate of drug-likeness (QED) is 0.893. The highest BCUT2D eigenvalue weighted by molar-refractivity contribution is 6.01. The molecule has 1 amide bonds. The van der Waals surface area contributed by atoms with Crippen molar-refractivity contribution in [2.24, 2.45) is 11.7 Å². The van der Waals surface area contributed by atoms with Crippen LogP contribution in [0.5, 0.6) is 0 Å². The number of carbonyl (C=O) groups is 2. The number of anilines is 1. The number of Topliss-reactive ketones (excluding diaryl/α,β-unsaturated/α-hetero) is 1. The van der Waals surface area contributed by atoms with Gasteiger partial charge in [0.25, 0.3) is 0 Å². The molecule has 1 heterocycles. The average molecular weight is 302 g/mol. The van der Waals surface area contributed by atoms with Gasteiger partial charge in [-0.1, -0.05) is 6.07 Å². The molecule has 0 aromatic heterocycles. The molecule has 1 aromatic rings. The van der Waals surface area contributed by atoms with Crippen molar-refractivity contribution in [2.75, 3.05) is 18.5 Å². The third-order valence-electron chi connectivity index (χ3n) is 4.60. The zero-order valence-corrected chi connectivity index (χ0v) is 12.6. The Morgan fingerprint density at radius 3 is 2.82 bits per heavy atom. The molecule has 0 bridgehead atoms. The van der Waals surface area contributed by atoms with Crippen molar-refractivity contribution in [3.63, 3.8) is 0 Å². The van der Waals surface area contributed by atoms with Gasteiger partial charge >= 0.3 is 0 Å². The van der Waals surface area contributed by atoms with Crippen molar-refractivity contribution in [1.82, 2.24) is 0 Å². The van der Waals surface area contributed by atoms with Gasteiger partial charge in [-0.25, -0.2) is 0 Å². The Hall–Kier alpha value is -1.72. The number of fused-ring (bicyclic) bond motifs is 1. The molecule has 118 valence electrons. The van der Waals surface area contributed by atoms with Crippen molar-refractivity contribution in [2.45, 2.75) is 38.1 Å². The Morgan fingerprint density at radius 1 is 1.27 bits per heavy atom. The second-order valence-electron chi connectivity index (χ2n) is 6.11. The van der Waals surface area contributed by atoms with E-state index < -0.39 is 6.04 Å². The van der Waals surface area contributed by atoms with Crippen molar-refractivity contribution in [3.05, 3.63) is 29.3 Å². The van der Waals surface area contributed by atoms with Crippen LogP contribution in [-0.4, -0.2) is 30.9 Å². The van der Waals surface area contributed by atoms with Gasteiger partial charge in [0.2, 0.25) is 5.91 Å². The number of aryl methyl sites for hydroxylation is 1. The normalized spacial score (nSPS) is 20.3. The summed E-state index contributed by atoms with van der Waals surface area (Å²) in [6.07, 6.45) is 4.06. The lowest BCUT2D eigenvalue weighted by molar-refractivity contribution is -0.119. The molecule has 1 atom stereocenters. The number of benzene rings is 1. The number of ether oxygens (including phenoxy) is 1. The first-order chi connectivity index (χ1) is 10.6. The monoisotopic (exact) mass is 302 g/mol. The lowest BCUT2D eigenvalue weighted by Gasteiger charge is -2.27. The molecule has 0 saturated carbocycles. The summed E-state index contributed by atoms with van der Waals surface area (Å²) in [7, 11) is 0. The van der Waals surface area contributed by atoms with Crippen LogP contribution in [0.4, 0.5) is 5.69 Å². The highest BCUT2D eigenvalue weighted by atomic mass is 16.5. The highest BCUT2D eigenvalue weighted by Crippen LogP contribution is 2.25. The molecule has 1 fully saturated rings. The number of hydrogen-bond acceptors (Lipinski definition) is 4. The fraction of sp³-hybridized carbons (Fsp3) is 0.529. The maximum Gasteiger partial charge on any atom is 0.241 e. The van der Waals surface area contributed by atoms with Gasteiger partial charge < -0.3 is 15.8 Å². The standard InChI is InChI=1S/C17H22N2O3/c18-16(12-6-8-22-9-7-12)17(21)19-13-5-4-11-2-1-3-15(20)14(11)10-13/h4-5,10,12,16H,1-3,6-9,18H2,(H,19,21). The number of nitrogens with one attached hydrogen (secondary N) is 1. The van der Waals surface area contributed by atoms with Crippen LogP contribution in [0, 0.1) is 5.92 Å². The molecular formula is C17H22N2O3. The second-order valence-corrected chi connectivity index (χ2v) is 6.11. The molecule has 2 aliphatic rings. The topological polar surface area (TPSA) is 81.4 Å². The maximum absolute atomic E-state index is 12.3. The molecule has 0 radical (unpaired) electrons. The third kappa shape index (κ3) is 3.20. The molecule has 1 aromatic carbocycles. The summed E-state index contributed by atoms with van der Waals surface area (Å²) in [5, 5.41) is 2.85. The van der Waals surface area contributed by atoms with E-state index in [4.69, 9.17) is 10.5 Å². The average Bonchev–Trinajstić information content (AvgIpc) is 2.55. The van der Waals surface area contributed by atoms with Crippen LogP contribution in [0.2, 0.25) is 0 Å². The molecule has 1 aliphatic heterocycles. The maximum atomic E-state index is 12.3. The van der Waals surface area contributed by atoms with Crippen molar-refractivity contribution < 1.29 is 14.3 Å². The third-order valence-corrected chi connectivity index (χ3v) is 4.60. The van der Waals surface area contributed by atoms with E-state index >= 15 is 0 Å². The SMILES string of the molecule is NC(C(=O)Nc1ccc2c(c1)C(=O)CCC2)C1CCOCC1. The first-order valence-electron chi connectivity index (χ1n) is 7.95. The number of rotatable bonds is 3. The second kappa shape index (κ2) is 6.58. The molecule has 1 aliphatic carbocycles. The predicted octanol–water partition coefficient (Wildman–Crippen LogP) is 1.90. The van der Waals surface area contributed by atoms with E-state index in [0.717, 1.165) is 36.8 Å². The highest BCUT2D eigenvalue weighted by Gasteiger charge is 2.27. The summed E-state index contributed by atoms with van der Waals surface area (Å²) in [5.74, 6) is 0.134. The summed E-state index contributed by atoms with van der Waals surface area (Å²) >= 11 is 0. The Balaban J connectivity index is 1.68. The van der Waals surface area contributed by atoms with Crippen LogP contribution in [0.15, 0.2) is 18.2 Å². The van der Waals surface area contributed by atoms with E-state index in [1.165, 1.54) is 0 Å². The van der Waals surface area contributed by atoms with Gasteiger partial charge in [0.05, 0.1) is 6.04 Å². The van der Waals surface area contributed by atoms with E-state index in [0.29, 0.717) is 25.3 Å². The van der Waals surface area contributed by atoms with Gasteiger partial charge in [-0.2, -0.15) is 0 Å². The minimum Gasteiger partial charge on any atom is -0.381 e. The van der Waals surface area contributed by atoms with Crippen LogP contribution in [0.1, 0.15) is 41.6 Å². The summed E-state index contributed by atoms with van der Waals surface area (Å²) in [5.41, 5.74) is 8.54. The molecule has 3 rings (SSSR count). The molecule has 5 nitrogen and oxygen atoms in total. The summed E-state index contributed by atoms with van der Waals surface area (Å²) in [6, 6.07) is 5.04. The molecule has 3 N–H and O–H groups in total. The van der Waals surface area contributed by atoms with Gasteiger partial charge in [0.1, 0.15) is 0 Å². The minimum absolute atomic E-state index is 0.158. The van der Waals surface area contributed by atoms with Gasteiger partial charge in [0, 0.05) is 30.9 Å². The van der Waals surface area contributed by atoms with Crippen LogP contribution in [0.25, 0.3) is 0 Å². The van der Waals surface area contributed by atoms with Crippen molar-refractivity contribution in [1.29, 1.82) is 0 Å². The van der Waals surface area contributed by atoms with E-state index in [9.17, 15) is 9.59 Å². The summed E-state index contributed by atoms with van der Waals surface area (Å²) in [6.45, 7) is 1.33. The van der Waals surface area contributed by atoms with Gasteiger partial charge in [-0.05, 0) is 49.3 Å². The zero-order valence-electron chi connectivity index (χ0n) is 12.6. The molecule has 1 unspecified atom stereocenters. The molecule has 5 heteroatoms. The van der Waals surface area contributed by atoms with Gasteiger partial charge in [-0.3, -0.25) is 9.59 Å². The van der Waals surface area contributed by atoms with Crippen LogP contribution in [0.3, 0.4) is 0 Å². The molecule has 0 spiro atoms. The fourth-order valence-electron chi connectivity index (χ4n) is 3.22. The largest absolute Gasteiger partial charge is 0.381 e. The fourth-order valence-corrected chi connectivity index (χ4v) is 3.22. The van der Waals surface area contributed by atoms with Gasteiger partial charge in [-0.15, -0.1) is 0 Å². The van der Waals surface area contributed by atoms with E-state index in [-0.39, 0.29) is 17.6 Å².